The first-order valence-electron chi connectivity index (χ1n) is 7.47. The van der Waals surface area contributed by atoms with E-state index in [9.17, 15) is 9.90 Å². The number of hydrogen-bond acceptors (Lipinski definition) is 3. The minimum Gasteiger partial charge on any atom is -0.390 e. The van der Waals surface area contributed by atoms with Crippen molar-refractivity contribution in [2.24, 2.45) is 0 Å². The lowest BCUT2D eigenvalue weighted by molar-refractivity contribution is 0.102. The summed E-state index contributed by atoms with van der Waals surface area (Å²) in [5.74, 6) is -0.0513. The Hall–Kier alpha value is -2.04. The van der Waals surface area contributed by atoms with E-state index in [4.69, 9.17) is 11.6 Å². The van der Waals surface area contributed by atoms with Crippen molar-refractivity contribution in [3.63, 3.8) is 0 Å². The molecule has 4 nitrogen and oxygen atoms in total. The number of carbonyl (C=O) groups excluding carboxylic acids is 1. The van der Waals surface area contributed by atoms with Crippen LogP contribution in [0.3, 0.4) is 0 Å². The number of halogens is 1. The Labute approximate surface area is 141 Å². The Bertz CT molecular complexity index is 688. The number of amides is 1. The van der Waals surface area contributed by atoms with Gasteiger partial charge >= 0.3 is 0 Å². The van der Waals surface area contributed by atoms with Crippen LogP contribution in [0.1, 0.15) is 21.5 Å². The number of aliphatic hydroxyl groups excluding tert-OH is 1. The van der Waals surface area contributed by atoms with Crippen molar-refractivity contribution in [1.82, 2.24) is 0 Å². The van der Waals surface area contributed by atoms with E-state index in [2.05, 4.69) is 10.6 Å². The molecule has 0 aliphatic carbocycles. The quantitative estimate of drug-likeness (QED) is 0.709. The van der Waals surface area contributed by atoms with Crippen LogP contribution in [0.2, 0.25) is 0 Å². The minimum atomic E-state index is -0.660. The van der Waals surface area contributed by atoms with Gasteiger partial charge in [-0.3, -0.25) is 4.79 Å². The van der Waals surface area contributed by atoms with Crippen LogP contribution in [0.5, 0.6) is 0 Å². The summed E-state index contributed by atoms with van der Waals surface area (Å²) in [6.45, 7) is 4.26. The molecular formula is C18H21ClN2O2. The van der Waals surface area contributed by atoms with Gasteiger partial charge in [-0.25, -0.2) is 0 Å². The van der Waals surface area contributed by atoms with Crippen LogP contribution in [0.25, 0.3) is 0 Å². The van der Waals surface area contributed by atoms with E-state index in [0.717, 1.165) is 16.8 Å². The zero-order valence-corrected chi connectivity index (χ0v) is 14.0. The average Bonchev–Trinajstić information content (AvgIpc) is 2.55. The summed E-state index contributed by atoms with van der Waals surface area (Å²) in [5, 5.41) is 15.5. The van der Waals surface area contributed by atoms with Crippen LogP contribution < -0.4 is 10.6 Å². The molecule has 5 heteroatoms. The van der Waals surface area contributed by atoms with Crippen LogP contribution in [-0.2, 0) is 0 Å². The number of alkyl halides is 1. The number of aryl methyl sites for hydroxylation is 2. The molecule has 0 bridgehead atoms. The van der Waals surface area contributed by atoms with E-state index < -0.39 is 6.10 Å². The molecule has 0 saturated carbocycles. The van der Waals surface area contributed by atoms with Crippen molar-refractivity contribution in [2.75, 3.05) is 23.1 Å². The van der Waals surface area contributed by atoms with E-state index >= 15 is 0 Å². The fourth-order valence-electron chi connectivity index (χ4n) is 2.26. The van der Waals surface area contributed by atoms with Crippen LogP contribution in [0.4, 0.5) is 11.4 Å². The molecule has 1 atom stereocenters. The van der Waals surface area contributed by atoms with E-state index in [1.54, 1.807) is 18.2 Å². The molecule has 0 radical (unpaired) electrons. The molecule has 0 fully saturated rings. The smallest absolute Gasteiger partial charge is 0.257 e. The number of aliphatic hydroxyl groups is 1. The van der Waals surface area contributed by atoms with Crippen LogP contribution in [-0.4, -0.2) is 29.5 Å². The zero-order valence-electron chi connectivity index (χ0n) is 13.3. The molecule has 0 heterocycles. The van der Waals surface area contributed by atoms with E-state index in [1.165, 1.54) is 0 Å². The molecule has 0 aliphatic heterocycles. The van der Waals surface area contributed by atoms with Crippen molar-refractivity contribution >= 4 is 28.9 Å². The minimum absolute atomic E-state index is 0.143. The third-order valence-corrected chi connectivity index (χ3v) is 3.86. The summed E-state index contributed by atoms with van der Waals surface area (Å²) < 4.78 is 0. The SMILES string of the molecule is Cc1ccc(NC(=O)c2ccccc2NCC(O)CCl)c(C)c1. The van der Waals surface area contributed by atoms with Crippen LogP contribution in [0, 0.1) is 13.8 Å². The molecule has 2 aromatic rings. The second-order valence-electron chi connectivity index (χ2n) is 5.51. The highest BCUT2D eigenvalue weighted by molar-refractivity contribution is 6.18. The van der Waals surface area contributed by atoms with E-state index in [1.807, 2.05) is 38.1 Å². The van der Waals surface area contributed by atoms with Gasteiger partial charge in [0.15, 0.2) is 0 Å². The van der Waals surface area contributed by atoms with Gasteiger partial charge in [0.1, 0.15) is 0 Å². The number of carbonyl (C=O) groups is 1. The average molecular weight is 333 g/mol. The van der Waals surface area contributed by atoms with Gasteiger partial charge in [-0.05, 0) is 37.6 Å². The number of para-hydroxylation sites is 1. The molecule has 0 saturated heterocycles. The molecule has 0 spiro atoms. The maximum absolute atomic E-state index is 12.5. The lowest BCUT2D eigenvalue weighted by atomic mass is 10.1. The summed E-state index contributed by atoms with van der Waals surface area (Å²) in [7, 11) is 0. The predicted molar refractivity (Wildman–Crippen MR) is 95.5 cm³/mol. The summed E-state index contributed by atoms with van der Waals surface area (Å²) in [6.07, 6.45) is -0.660. The monoisotopic (exact) mass is 332 g/mol. The lowest BCUT2D eigenvalue weighted by Crippen LogP contribution is -2.22. The fraction of sp³-hybridized carbons (Fsp3) is 0.278. The number of benzene rings is 2. The van der Waals surface area contributed by atoms with Crippen molar-refractivity contribution in [2.45, 2.75) is 20.0 Å². The van der Waals surface area contributed by atoms with E-state index in [-0.39, 0.29) is 18.3 Å². The summed E-state index contributed by atoms with van der Waals surface area (Å²) in [6, 6.07) is 13.1. The Morgan fingerprint density at radius 3 is 2.61 bits per heavy atom. The third kappa shape index (κ3) is 4.71. The topological polar surface area (TPSA) is 61.4 Å². The van der Waals surface area contributed by atoms with E-state index in [0.29, 0.717) is 11.3 Å². The van der Waals surface area contributed by atoms with Crippen molar-refractivity contribution in [3.05, 3.63) is 59.2 Å². The molecule has 0 aromatic heterocycles. The second-order valence-corrected chi connectivity index (χ2v) is 5.82. The maximum Gasteiger partial charge on any atom is 0.257 e. The molecule has 3 N–H and O–H groups in total. The second kappa shape index (κ2) is 7.99. The first kappa shape index (κ1) is 17.3. The zero-order chi connectivity index (χ0) is 16.8. The molecule has 23 heavy (non-hydrogen) atoms. The largest absolute Gasteiger partial charge is 0.390 e. The Kier molecular flexibility index (Phi) is 6.02. The molecular weight excluding hydrogens is 312 g/mol. The standard InChI is InChI=1S/C18H21ClN2O2/c1-12-7-8-16(13(2)9-12)21-18(23)15-5-3-4-6-17(15)20-11-14(22)10-19/h3-9,14,20,22H,10-11H2,1-2H3,(H,21,23). The Morgan fingerprint density at radius 2 is 1.91 bits per heavy atom. The summed E-state index contributed by atoms with van der Waals surface area (Å²) >= 11 is 5.59. The van der Waals surface area contributed by atoms with Gasteiger partial charge in [0.25, 0.3) is 5.91 Å². The maximum atomic E-state index is 12.5. The number of rotatable bonds is 6. The van der Waals surface area contributed by atoms with Gasteiger partial charge in [-0.1, -0.05) is 29.8 Å². The number of nitrogens with one attached hydrogen (secondary N) is 2. The third-order valence-electron chi connectivity index (χ3n) is 3.51. The molecule has 122 valence electrons. The highest BCUT2D eigenvalue weighted by atomic mass is 35.5. The molecule has 1 unspecified atom stereocenters. The van der Waals surface area contributed by atoms with Gasteiger partial charge in [-0.15, -0.1) is 11.6 Å². The van der Waals surface area contributed by atoms with Gasteiger partial charge in [0.05, 0.1) is 17.5 Å². The van der Waals surface area contributed by atoms with Crippen LogP contribution in [0.15, 0.2) is 42.5 Å². The lowest BCUT2D eigenvalue weighted by Gasteiger charge is -2.15. The Morgan fingerprint density at radius 1 is 1.17 bits per heavy atom. The highest BCUT2D eigenvalue weighted by Gasteiger charge is 2.13. The summed E-state index contributed by atoms with van der Waals surface area (Å²) in [4.78, 5) is 12.5. The van der Waals surface area contributed by atoms with Crippen molar-refractivity contribution in [1.29, 1.82) is 0 Å². The van der Waals surface area contributed by atoms with Crippen molar-refractivity contribution in [3.8, 4) is 0 Å². The molecule has 2 rings (SSSR count). The van der Waals surface area contributed by atoms with Gasteiger partial charge in [0, 0.05) is 17.9 Å². The van der Waals surface area contributed by atoms with Crippen LogP contribution >= 0.6 is 11.6 Å². The van der Waals surface area contributed by atoms with Gasteiger partial charge < -0.3 is 15.7 Å². The first-order valence-corrected chi connectivity index (χ1v) is 8.00. The molecule has 2 aromatic carbocycles. The van der Waals surface area contributed by atoms with Gasteiger partial charge in [-0.2, -0.15) is 0 Å². The predicted octanol–water partition coefficient (Wildman–Crippen LogP) is 3.57. The number of hydrogen-bond donors (Lipinski definition) is 3. The summed E-state index contributed by atoms with van der Waals surface area (Å²) in [5.41, 5.74) is 4.14. The fourth-order valence-corrected chi connectivity index (χ4v) is 2.37. The first-order chi connectivity index (χ1) is 11.0. The Balaban J connectivity index is 2.15. The number of anilines is 2. The highest BCUT2D eigenvalue weighted by Crippen LogP contribution is 2.20. The normalized spacial score (nSPS) is 11.8. The molecule has 0 aliphatic rings. The van der Waals surface area contributed by atoms with Crippen molar-refractivity contribution < 1.29 is 9.90 Å². The van der Waals surface area contributed by atoms with Gasteiger partial charge in [0.2, 0.25) is 0 Å². The molecule has 1 amide bonds.